The van der Waals surface area contributed by atoms with Crippen LogP contribution in [-0.2, 0) is 16.0 Å². The van der Waals surface area contributed by atoms with Gasteiger partial charge in [-0.25, -0.2) is 0 Å². The minimum absolute atomic E-state index is 0. The Hall–Kier alpha value is -1.79. The molecule has 1 heterocycles. The fourth-order valence-electron chi connectivity index (χ4n) is 2.06. The van der Waals surface area contributed by atoms with Gasteiger partial charge < -0.3 is 20.7 Å². The van der Waals surface area contributed by atoms with E-state index in [1.807, 2.05) is 12.1 Å². The Kier molecular flexibility index (Phi) is 6.98. The van der Waals surface area contributed by atoms with Crippen molar-refractivity contribution in [3.8, 4) is 0 Å². The van der Waals surface area contributed by atoms with Crippen LogP contribution in [0.15, 0.2) is 18.2 Å². The monoisotopic (exact) mass is 313 g/mol. The number of rotatable bonds is 6. The third-order valence-corrected chi connectivity index (χ3v) is 3.12. The molecule has 1 aliphatic rings. The highest BCUT2D eigenvalue weighted by Gasteiger charge is 2.13. The molecule has 0 atom stereocenters. The Balaban J connectivity index is 0.00000220. The Morgan fingerprint density at radius 2 is 2.14 bits per heavy atom. The van der Waals surface area contributed by atoms with E-state index in [1.165, 1.54) is 0 Å². The van der Waals surface area contributed by atoms with Crippen LogP contribution in [0.5, 0.6) is 0 Å². The second kappa shape index (κ2) is 8.49. The number of halogens is 1. The highest BCUT2D eigenvalue weighted by molar-refractivity contribution is 5.97. The van der Waals surface area contributed by atoms with Crippen molar-refractivity contribution >= 4 is 29.9 Å². The number of hydrogen-bond donors (Lipinski definition) is 3. The van der Waals surface area contributed by atoms with E-state index in [9.17, 15) is 9.59 Å². The molecule has 0 bridgehead atoms. The first kappa shape index (κ1) is 17.3. The van der Waals surface area contributed by atoms with E-state index in [0.717, 1.165) is 24.2 Å². The van der Waals surface area contributed by atoms with Gasteiger partial charge in [0.2, 0.25) is 5.91 Å². The molecule has 0 spiro atoms. The van der Waals surface area contributed by atoms with Gasteiger partial charge in [0.05, 0.1) is 13.2 Å². The van der Waals surface area contributed by atoms with Crippen LogP contribution in [0.1, 0.15) is 15.9 Å². The zero-order valence-corrected chi connectivity index (χ0v) is 12.7. The SMILES string of the molecule is COCCNC(=O)CNC(=O)c1ccc2c(c1)CCN2.Cl. The molecule has 0 fully saturated rings. The van der Waals surface area contributed by atoms with Crippen molar-refractivity contribution in [3.63, 3.8) is 0 Å². The number of fused-ring (bicyclic) bond motifs is 1. The number of benzene rings is 1. The summed E-state index contributed by atoms with van der Waals surface area (Å²) in [5.74, 6) is -0.459. The van der Waals surface area contributed by atoms with Gasteiger partial charge in [-0.15, -0.1) is 12.4 Å². The predicted molar refractivity (Wildman–Crippen MR) is 83.1 cm³/mol. The summed E-state index contributed by atoms with van der Waals surface area (Å²) in [5, 5.41) is 8.49. The number of anilines is 1. The lowest BCUT2D eigenvalue weighted by atomic mass is 10.1. The number of nitrogens with one attached hydrogen (secondary N) is 3. The van der Waals surface area contributed by atoms with E-state index >= 15 is 0 Å². The van der Waals surface area contributed by atoms with Gasteiger partial charge in [-0.05, 0) is 30.2 Å². The molecule has 3 N–H and O–H groups in total. The first-order chi connectivity index (χ1) is 9.70. The second-order valence-corrected chi connectivity index (χ2v) is 4.57. The highest BCUT2D eigenvalue weighted by Crippen LogP contribution is 2.22. The molecule has 6 nitrogen and oxygen atoms in total. The highest BCUT2D eigenvalue weighted by atomic mass is 35.5. The van der Waals surface area contributed by atoms with Crippen molar-refractivity contribution in [2.45, 2.75) is 6.42 Å². The summed E-state index contributed by atoms with van der Waals surface area (Å²) in [6.07, 6.45) is 0.925. The molecule has 1 aromatic carbocycles. The van der Waals surface area contributed by atoms with Crippen LogP contribution in [0.3, 0.4) is 0 Å². The summed E-state index contributed by atoms with van der Waals surface area (Å²) in [5.41, 5.74) is 2.80. The van der Waals surface area contributed by atoms with Crippen LogP contribution < -0.4 is 16.0 Å². The van der Waals surface area contributed by atoms with Gasteiger partial charge in [-0.1, -0.05) is 0 Å². The lowest BCUT2D eigenvalue weighted by Gasteiger charge is -2.07. The van der Waals surface area contributed by atoms with Crippen molar-refractivity contribution < 1.29 is 14.3 Å². The first-order valence-corrected chi connectivity index (χ1v) is 6.61. The largest absolute Gasteiger partial charge is 0.384 e. The number of ether oxygens (including phenoxy) is 1. The summed E-state index contributed by atoms with van der Waals surface area (Å²) >= 11 is 0. The molecule has 116 valence electrons. The predicted octanol–water partition coefficient (Wildman–Crippen LogP) is 0.569. The van der Waals surface area contributed by atoms with E-state index < -0.39 is 0 Å². The number of carbonyl (C=O) groups excluding carboxylic acids is 2. The maximum Gasteiger partial charge on any atom is 0.251 e. The molecular weight excluding hydrogens is 294 g/mol. The summed E-state index contributed by atoms with van der Waals surface area (Å²) in [6.45, 7) is 1.77. The number of hydrogen-bond acceptors (Lipinski definition) is 4. The smallest absolute Gasteiger partial charge is 0.251 e. The van der Waals surface area contributed by atoms with Gasteiger partial charge in [0.1, 0.15) is 0 Å². The Morgan fingerprint density at radius 1 is 1.33 bits per heavy atom. The molecule has 21 heavy (non-hydrogen) atoms. The Labute approximate surface area is 130 Å². The molecule has 1 aromatic rings. The van der Waals surface area contributed by atoms with Crippen LogP contribution in [0.25, 0.3) is 0 Å². The number of methoxy groups -OCH3 is 1. The van der Waals surface area contributed by atoms with Crippen LogP contribution in [0, 0.1) is 0 Å². The zero-order chi connectivity index (χ0) is 14.4. The molecule has 2 amide bonds. The van der Waals surface area contributed by atoms with Crippen LogP contribution >= 0.6 is 12.4 Å². The van der Waals surface area contributed by atoms with E-state index in [4.69, 9.17) is 4.74 Å². The standard InChI is InChI=1S/C14H19N3O3.ClH/c1-20-7-6-16-13(18)9-17-14(19)11-2-3-12-10(8-11)4-5-15-12;/h2-3,8,15H,4-7,9H2,1H3,(H,16,18)(H,17,19);1H. The van der Waals surface area contributed by atoms with Crippen molar-refractivity contribution in [2.24, 2.45) is 0 Å². The number of amides is 2. The molecule has 0 radical (unpaired) electrons. The third kappa shape index (κ3) is 4.91. The van der Waals surface area contributed by atoms with E-state index in [2.05, 4.69) is 16.0 Å². The average molecular weight is 314 g/mol. The topological polar surface area (TPSA) is 79.5 Å². The normalized spacial score (nSPS) is 11.9. The van der Waals surface area contributed by atoms with Gasteiger partial charge in [0.25, 0.3) is 5.91 Å². The average Bonchev–Trinajstić information content (AvgIpc) is 2.92. The van der Waals surface area contributed by atoms with Gasteiger partial charge >= 0.3 is 0 Å². The van der Waals surface area contributed by atoms with Gasteiger partial charge in [-0.2, -0.15) is 0 Å². The maximum atomic E-state index is 11.9. The summed E-state index contributed by atoms with van der Waals surface area (Å²) in [6, 6.07) is 5.53. The Bertz CT molecular complexity index is 508. The zero-order valence-electron chi connectivity index (χ0n) is 11.9. The van der Waals surface area contributed by atoms with Gasteiger partial charge in [0, 0.05) is 31.5 Å². The summed E-state index contributed by atoms with van der Waals surface area (Å²) in [4.78, 5) is 23.4. The molecule has 0 saturated heterocycles. The quantitative estimate of drug-likeness (QED) is 0.671. The summed E-state index contributed by atoms with van der Waals surface area (Å²) < 4.78 is 4.82. The molecule has 0 aromatic heterocycles. The van der Waals surface area contributed by atoms with Crippen molar-refractivity contribution in [3.05, 3.63) is 29.3 Å². The van der Waals surface area contributed by atoms with Crippen molar-refractivity contribution in [2.75, 3.05) is 38.7 Å². The fourth-order valence-corrected chi connectivity index (χ4v) is 2.06. The first-order valence-electron chi connectivity index (χ1n) is 6.61. The molecular formula is C14H20ClN3O3. The van der Waals surface area contributed by atoms with Crippen LogP contribution in [-0.4, -0.2) is 45.2 Å². The minimum atomic E-state index is -0.235. The maximum absolute atomic E-state index is 11.9. The lowest BCUT2D eigenvalue weighted by Crippen LogP contribution is -2.38. The molecule has 7 heteroatoms. The summed E-state index contributed by atoms with van der Waals surface area (Å²) in [7, 11) is 1.57. The molecule has 0 saturated carbocycles. The minimum Gasteiger partial charge on any atom is -0.384 e. The van der Waals surface area contributed by atoms with Gasteiger partial charge in [0.15, 0.2) is 0 Å². The molecule has 2 rings (SSSR count). The second-order valence-electron chi connectivity index (χ2n) is 4.57. The molecule has 0 unspecified atom stereocenters. The van der Waals surface area contributed by atoms with Crippen molar-refractivity contribution in [1.29, 1.82) is 0 Å². The van der Waals surface area contributed by atoms with Crippen LogP contribution in [0.2, 0.25) is 0 Å². The van der Waals surface area contributed by atoms with E-state index in [0.29, 0.717) is 18.7 Å². The Morgan fingerprint density at radius 3 is 2.90 bits per heavy atom. The van der Waals surface area contributed by atoms with E-state index in [-0.39, 0.29) is 30.8 Å². The third-order valence-electron chi connectivity index (χ3n) is 3.12. The fraction of sp³-hybridized carbons (Fsp3) is 0.429. The molecule has 1 aliphatic heterocycles. The number of carbonyl (C=O) groups is 2. The van der Waals surface area contributed by atoms with E-state index in [1.54, 1.807) is 13.2 Å². The molecule has 0 aliphatic carbocycles. The van der Waals surface area contributed by atoms with Gasteiger partial charge in [-0.3, -0.25) is 9.59 Å². The lowest BCUT2D eigenvalue weighted by molar-refractivity contribution is -0.120. The van der Waals surface area contributed by atoms with Crippen molar-refractivity contribution in [1.82, 2.24) is 10.6 Å². The van der Waals surface area contributed by atoms with Crippen LogP contribution in [0.4, 0.5) is 5.69 Å².